The highest BCUT2D eigenvalue weighted by atomic mass is 16.3. The zero-order chi connectivity index (χ0) is 34.6. The number of rotatable bonds is 8. The number of hydrogen-bond donors (Lipinski definition) is 2. The highest BCUT2D eigenvalue weighted by Crippen LogP contribution is 2.42. The van der Waals surface area contributed by atoms with E-state index in [1.807, 2.05) is 158 Å². The molecule has 8 rings (SSSR count). The van der Waals surface area contributed by atoms with Gasteiger partial charge in [-0.2, -0.15) is 0 Å². The maximum Gasteiger partial charge on any atom is 0.257 e. The van der Waals surface area contributed by atoms with Gasteiger partial charge < -0.3 is 20.0 Å². The van der Waals surface area contributed by atoms with Gasteiger partial charge in [-0.25, -0.2) is 0 Å². The first kappa shape index (κ1) is 32.7. The van der Waals surface area contributed by atoms with Gasteiger partial charge in [0.05, 0.1) is 0 Å². The molecule has 0 spiro atoms. The monoisotopic (exact) mass is 658 g/mol. The molecule has 0 saturated carbocycles. The van der Waals surface area contributed by atoms with E-state index in [2.05, 4.69) is 0 Å². The van der Waals surface area contributed by atoms with E-state index in [0.29, 0.717) is 48.2 Å². The van der Waals surface area contributed by atoms with Gasteiger partial charge in [-0.15, -0.1) is 0 Å². The molecule has 0 fully saturated rings. The predicted octanol–water partition coefficient (Wildman–Crippen LogP) is 7.46. The fraction of sp³-hybridized carbons (Fsp3) is 0.136. The summed E-state index contributed by atoms with van der Waals surface area (Å²) in [4.78, 5) is 29.1. The number of carbonyl (C=O) groups is 2. The first-order valence-electron chi connectivity index (χ1n) is 16.8. The third-order valence-electron chi connectivity index (χ3n) is 9.51. The summed E-state index contributed by atoms with van der Waals surface area (Å²) in [5.41, 5.74) is 3.81. The van der Waals surface area contributed by atoms with Crippen LogP contribution in [0, 0.1) is 0 Å². The second-order valence-corrected chi connectivity index (χ2v) is 12.8. The molecule has 0 bridgehead atoms. The number of aliphatic hydroxyl groups is 2. The van der Waals surface area contributed by atoms with Crippen molar-refractivity contribution in [1.29, 1.82) is 0 Å². The topological polar surface area (TPSA) is 81.1 Å². The Balaban J connectivity index is 0.000000157. The lowest BCUT2D eigenvalue weighted by Crippen LogP contribution is -2.45. The van der Waals surface area contributed by atoms with Gasteiger partial charge in [0.1, 0.15) is 0 Å². The first-order chi connectivity index (χ1) is 24.4. The lowest BCUT2D eigenvalue weighted by Gasteiger charge is -2.34. The zero-order valence-corrected chi connectivity index (χ0v) is 27.6. The molecule has 6 heteroatoms. The van der Waals surface area contributed by atoms with Crippen LogP contribution >= 0.6 is 0 Å². The summed E-state index contributed by atoms with van der Waals surface area (Å²) in [6.45, 7) is 0.745. The number of hydrogen-bond acceptors (Lipinski definition) is 4. The Morgan fingerprint density at radius 2 is 0.660 bits per heavy atom. The smallest absolute Gasteiger partial charge is 0.257 e. The van der Waals surface area contributed by atoms with Crippen LogP contribution in [0.3, 0.4) is 0 Å². The van der Waals surface area contributed by atoms with Crippen molar-refractivity contribution < 1.29 is 19.8 Å². The van der Waals surface area contributed by atoms with Gasteiger partial charge in [-0.1, -0.05) is 158 Å². The van der Waals surface area contributed by atoms with Gasteiger partial charge in [-0.3, -0.25) is 9.59 Å². The van der Waals surface area contributed by atoms with Crippen molar-refractivity contribution in [2.75, 3.05) is 0 Å². The van der Waals surface area contributed by atoms with Crippen LogP contribution in [0.4, 0.5) is 0 Å². The van der Waals surface area contributed by atoms with Crippen LogP contribution in [0.15, 0.2) is 170 Å². The second-order valence-electron chi connectivity index (χ2n) is 12.8. The van der Waals surface area contributed by atoms with Crippen molar-refractivity contribution in [2.24, 2.45) is 0 Å². The minimum atomic E-state index is -1.34. The molecule has 0 aromatic heterocycles. The lowest BCUT2D eigenvalue weighted by atomic mass is 9.94. The summed E-state index contributed by atoms with van der Waals surface area (Å²) in [6.07, 6.45) is 0.729. The molecule has 6 aromatic carbocycles. The van der Waals surface area contributed by atoms with Crippen LogP contribution in [0.2, 0.25) is 0 Å². The minimum absolute atomic E-state index is 0.127. The molecule has 2 N–H and O–H groups in total. The molecule has 0 radical (unpaired) electrons. The summed E-state index contributed by atoms with van der Waals surface area (Å²) in [5.74, 6) is -0.254. The number of carbonyl (C=O) groups excluding carboxylic acids is 2. The van der Waals surface area contributed by atoms with Crippen molar-refractivity contribution in [3.8, 4) is 0 Å². The Morgan fingerprint density at radius 1 is 0.380 bits per heavy atom. The van der Waals surface area contributed by atoms with Crippen LogP contribution in [-0.4, -0.2) is 31.8 Å². The van der Waals surface area contributed by atoms with E-state index in [0.717, 1.165) is 22.3 Å². The molecule has 2 amide bonds. The third-order valence-corrected chi connectivity index (χ3v) is 9.51. The highest BCUT2D eigenvalue weighted by molar-refractivity contribution is 6.00. The third kappa shape index (κ3) is 6.34. The Bertz CT molecular complexity index is 1940. The molecule has 2 aliphatic heterocycles. The molecule has 6 aromatic rings. The van der Waals surface area contributed by atoms with Crippen LogP contribution in [0.5, 0.6) is 0 Å². The zero-order valence-electron chi connectivity index (χ0n) is 27.6. The highest BCUT2D eigenvalue weighted by Gasteiger charge is 2.49. The van der Waals surface area contributed by atoms with E-state index in [9.17, 15) is 19.8 Å². The Morgan fingerprint density at radius 3 is 1.00 bits per heavy atom. The second kappa shape index (κ2) is 14.0. The van der Waals surface area contributed by atoms with Crippen molar-refractivity contribution in [1.82, 2.24) is 9.80 Å². The minimum Gasteiger partial charge on any atom is -0.366 e. The largest absolute Gasteiger partial charge is 0.366 e. The number of fused-ring (bicyclic) bond motifs is 2. The van der Waals surface area contributed by atoms with Crippen molar-refractivity contribution >= 4 is 11.8 Å². The standard InChI is InChI=1S/2C22H19NO2/c2*24-21-19-13-7-8-14-20(19)22(25,15-17-9-3-1-4-10-17)23(21)16-18-11-5-2-6-12-18/h2*1-14,25H,15-16H2/t2*22-/m10/s1. The molecule has 0 aliphatic carbocycles. The van der Waals surface area contributed by atoms with Crippen molar-refractivity contribution in [3.63, 3.8) is 0 Å². The maximum absolute atomic E-state index is 13.0. The van der Waals surface area contributed by atoms with Crippen LogP contribution in [0.25, 0.3) is 0 Å². The molecule has 2 aliphatic rings. The van der Waals surface area contributed by atoms with E-state index < -0.39 is 11.4 Å². The lowest BCUT2D eigenvalue weighted by molar-refractivity contribution is -0.0885. The number of benzene rings is 6. The Hall–Kier alpha value is -5.82. The molecule has 0 saturated heterocycles. The van der Waals surface area contributed by atoms with Crippen molar-refractivity contribution in [3.05, 3.63) is 214 Å². The van der Waals surface area contributed by atoms with E-state index in [1.54, 1.807) is 21.9 Å². The van der Waals surface area contributed by atoms with Gasteiger partial charge in [0.15, 0.2) is 11.4 Å². The molecule has 6 nitrogen and oxygen atoms in total. The van der Waals surface area contributed by atoms with Gasteiger partial charge in [0.25, 0.3) is 11.8 Å². The average molecular weight is 659 g/mol. The van der Waals surface area contributed by atoms with E-state index in [-0.39, 0.29) is 11.8 Å². The molecule has 2 heterocycles. The molecule has 50 heavy (non-hydrogen) atoms. The van der Waals surface area contributed by atoms with Crippen LogP contribution in [0.1, 0.15) is 54.1 Å². The number of nitrogens with zero attached hydrogens (tertiary/aromatic N) is 2. The summed E-state index contributed by atoms with van der Waals surface area (Å²) in [6, 6.07) is 53.8. The summed E-state index contributed by atoms with van der Waals surface area (Å²) in [5, 5.41) is 23.2. The Labute approximate surface area is 292 Å². The van der Waals surface area contributed by atoms with Crippen LogP contribution in [-0.2, 0) is 37.4 Å². The van der Waals surface area contributed by atoms with Crippen molar-refractivity contribution in [2.45, 2.75) is 37.4 Å². The SMILES string of the molecule is O=C1c2ccccc2[C@@](O)(Cc2ccccc2)N1Cc1ccccc1.O=C1c2ccccc2[C@](O)(Cc2ccccc2)N1Cc1ccccc1. The average Bonchev–Trinajstić information content (AvgIpc) is 3.49. The van der Waals surface area contributed by atoms with Gasteiger partial charge in [0.2, 0.25) is 0 Å². The van der Waals surface area contributed by atoms with Gasteiger partial charge in [-0.05, 0) is 34.4 Å². The quantitative estimate of drug-likeness (QED) is 0.178. The normalized spacial score (nSPS) is 19.1. The Kier molecular flexibility index (Phi) is 9.13. The fourth-order valence-electron chi connectivity index (χ4n) is 7.03. The first-order valence-corrected chi connectivity index (χ1v) is 16.8. The van der Waals surface area contributed by atoms with Crippen LogP contribution < -0.4 is 0 Å². The summed E-state index contributed by atoms with van der Waals surface area (Å²) >= 11 is 0. The molecule has 2 atom stereocenters. The van der Waals surface area contributed by atoms with E-state index >= 15 is 0 Å². The summed E-state index contributed by atoms with van der Waals surface area (Å²) in [7, 11) is 0. The van der Waals surface area contributed by atoms with Gasteiger partial charge >= 0.3 is 0 Å². The molecule has 248 valence electrons. The molecule has 0 unspecified atom stereocenters. The van der Waals surface area contributed by atoms with Gasteiger partial charge in [0, 0.05) is 48.2 Å². The fourth-order valence-corrected chi connectivity index (χ4v) is 7.03. The van der Waals surface area contributed by atoms with E-state index in [1.165, 1.54) is 0 Å². The molecular weight excluding hydrogens is 620 g/mol. The maximum atomic E-state index is 13.0. The summed E-state index contributed by atoms with van der Waals surface area (Å²) < 4.78 is 0. The molecular formula is C44H38N2O4. The number of amides is 2. The van der Waals surface area contributed by atoms with E-state index in [4.69, 9.17) is 0 Å². The predicted molar refractivity (Wildman–Crippen MR) is 194 cm³/mol.